The van der Waals surface area contributed by atoms with Crippen molar-refractivity contribution in [3.8, 4) is 17.2 Å². The molecule has 0 saturated carbocycles. The monoisotopic (exact) mass is 535 g/mol. The minimum absolute atomic E-state index is 0.110. The number of benzene rings is 3. The first-order chi connectivity index (χ1) is 18.6. The molecule has 38 heavy (non-hydrogen) atoms. The number of carbonyl (C=O) groups is 1. The molecule has 2 heterocycles. The molecule has 0 bridgehead atoms. The molecule has 0 unspecified atom stereocenters. The fourth-order valence-electron chi connectivity index (χ4n) is 4.76. The Morgan fingerprint density at radius 2 is 1.61 bits per heavy atom. The van der Waals surface area contributed by atoms with E-state index in [2.05, 4.69) is 39.4 Å². The van der Waals surface area contributed by atoms with Crippen LogP contribution in [0.2, 0.25) is 5.02 Å². The Hall–Kier alpha value is -3.26. The number of carbonyl (C=O) groups excluding carboxylic acids is 1. The number of rotatable bonds is 3. The summed E-state index contributed by atoms with van der Waals surface area (Å²) in [5, 5.41) is 3.54. The molecule has 8 heteroatoms. The van der Waals surface area contributed by atoms with Crippen molar-refractivity contribution in [2.24, 2.45) is 0 Å². The molecule has 2 aliphatic heterocycles. The van der Waals surface area contributed by atoms with E-state index < -0.39 is 0 Å². The third kappa shape index (κ3) is 7.19. The first-order valence-corrected chi connectivity index (χ1v) is 13.6. The van der Waals surface area contributed by atoms with E-state index in [1.54, 1.807) is 18.2 Å². The molecule has 0 spiro atoms. The lowest BCUT2D eigenvalue weighted by Crippen LogP contribution is -2.36. The number of amides is 1. The highest BCUT2D eigenvalue weighted by Crippen LogP contribution is 2.36. The van der Waals surface area contributed by atoms with Crippen molar-refractivity contribution in [2.75, 3.05) is 56.2 Å². The highest BCUT2D eigenvalue weighted by atomic mass is 35.5. The van der Waals surface area contributed by atoms with Gasteiger partial charge in [-0.05, 0) is 73.8 Å². The van der Waals surface area contributed by atoms with E-state index in [4.69, 9.17) is 25.8 Å². The van der Waals surface area contributed by atoms with Crippen LogP contribution in [-0.4, -0.2) is 56.8 Å². The SMILES string of the molecule is O=C1CN(Cc2ccc(N3CCOCC3)cc2)CCCCCOc2ccccc2Oc2ccc(Cl)cc2N1. The zero-order valence-corrected chi connectivity index (χ0v) is 22.3. The zero-order chi connectivity index (χ0) is 26.2. The van der Waals surface area contributed by atoms with Crippen molar-refractivity contribution in [1.82, 2.24) is 4.90 Å². The fourth-order valence-corrected chi connectivity index (χ4v) is 4.93. The Bertz CT molecular complexity index is 1210. The fraction of sp³-hybridized carbons (Fsp3) is 0.367. The van der Waals surface area contributed by atoms with E-state index in [1.165, 1.54) is 11.3 Å². The molecule has 2 aliphatic rings. The molecule has 0 aliphatic carbocycles. The number of nitrogens with one attached hydrogen (secondary N) is 1. The molecule has 5 rings (SSSR count). The Labute approximate surface area is 229 Å². The van der Waals surface area contributed by atoms with Crippen LogP contribution in [0.5, 0.6) is 17.2 Å². The molecule has 3 aromatic rings. The highest BCUT2D eigenvalue weighted by Gasteiger charge is 2.17. The Balaban J connectivity index is 1.31. The first kappa shape index (κ1) is 26.4. The number of hydrogen-bond acceptors (Lipinski definition) is 6. The summed E-state index contributed by atoms with van der Waals surface area (Å²) >= 11 is 6.27. The van der Waals surface area contributed by atoms with Gasteiger partial charge >= 0.3 is 0 Å². The van der Waals surface area contributed by atoms with Gasteiger partial charge in [0.05, 0.1) is 32.1 Å². The van der Waals surface area contributed by atoms with Crippen LogP contribution >= 0.6 is 11.6 Å². The van der Waals surface area contributed by atoms with Crippen molar-refractivity contribution in [3.05, 3.63) is 77.3 Å². The van der Waals surface area contributed by atoms with Gasteiger partial charge in [-0.2, -0.15) is 0 Å². The van der Waals surface area contributed by atoms with Crippen molar-refractivity contribution in [1.29, 1.82) is 0 Å². The smallest absolute Gasteiger partial charge is 0.238 e. The van der Waals surface area contributed by atoms with Crippen LogP contribution in [0.1, 0.15) is 24.8 Å². The third-order valence-corrected chi connectivity index (χ3v) is 6.98. The van der Waals surface area contributed by atoms with Crippen LogP contribution in [0.4, 0.5) is 11.4 Å². The largest absolute Gasteiger partial charge is 0.490 e. The van der Waals surface area contributed by atoms with Crippen molar-refractivity contribution in [2.45, 2.75) is 25.8 Å². The van der Waals surface area contributed by atoms with E-state index in [-0.39, 0.29) is 12.5 Å². The summed E-state index contributed by atoms with van der Waals surface area (Å²) in [4.78, 5) is 17.7. The molecule has 0 aromatic heterocycles. The van der Waals surface area contributed by atoms with Crippen molar-refractivity contribution >= 4 is 28.9 Å². The van der Waals surface area contributed by atoms with Gasteiger partial charge < -0.3 is 24.4 Å². The number of ether oxygens (including phenoxy) is 3. The molecular formula is C30H34ClN3O4. The normalized spacial score (nSPS) is 17.6. The predicted octanol–water partition coefficient (Wildman–Crippen LogP) is 5.97. The summed E-state index contributed by atoms with van der Waals surface area (Å²) in [7, 11) is 0. The van der Waals surface area contributed by atoms with E-state index in [0.29, 0.717) is 41.1 Å². The number of halogens is 1. The molecule has 1 fully saturated rings. The average molecular weight is 536 g/mol. The minimum atomic E-state index is -0.110. The number of fused-ring (bicyclic) bond motifs is 2. The second-order valence-electron chi connectivity index (χ2n) is 9.62. The van der Waals surface area contributed by atoms with Crippen molar-refractivity contribution < 1.29 is 19.0 Å². The quantitative estimate of drug-likeness (QED) is 0.445. The van der Waals surface area contributed by atoms with Gasteiger partial charge in [0.15, 0.2) is 17.2 Å². The Kier molecular flexibility index (Phi) is 9.02. The standard InChI is InChI=1S/C30H34ClN3O4/c31-24-10-13-27-26(20-24)32-30(35)22-33(14-4-1-5-17-37-28-6-2-3-7-29(28)38-27)21-23-8-11-25(12-9-23)34-15-18-36-19-16-34/h2-3,6-13,20H,1,4-5,14-19,21-22H2,(H,32,35). The van der Waals surface area contributed by atoms with Gasteiger partial charge in [0, 0.05) is 30.3 Å². The van der Waals surface area contributed by atoms with Gasteiger partial charge in [0.2, 0.25) is 5.91 Å². The first-order valence-electron chi connectivity index (χ1n) is 13.3. The molecule has 1 saturated heterocycles. The predicted molar refractivity (Wildman–Crippen MR) is 151 cm³/mol. The van der Waals surface area contributed by atoms with Crippen molar-refractivity contribution in [3.63, 3.8) is 0 Å². The van der Waals surface area contributed by atoms with Gasteiger partial charge in [-0.15, -0.1) is 0 Å². The molecule has 200 valence electrons. The molecule has 0 atom stereocenters. The summed E-state index contributed by atoms with van der Waals surface area (Å²) in [6, 6.07) is 21.5. The summed E-state index contributed by atoms with van der Waals surface area (Å²) in [6.45, 7) is 5.73. The zero-order valence-electron chi connectivity index (χ0n) is 21.5. The van der Waals surface area contributed by atoms with Gasteiger partial charge in [-0.3, -0.25) is 9.69 Å². The van der Waals surface area contributed by atoms with E-state index >= 15 is 0 Å². The van der Waals surface area contributed by atoms with E-state index in [0.717, 1.165) is 52.1 Å². The molecule has 7 nitrogen and oxygen atoms in total. The van der Waals surface area contributed by atoms with Gasteiger partial charge in [-0.25, -0.2) is 0 Å². The second kappa shape index (κ2) is 13.0. The van der Waals surface area contributed by atoms with Crippen LogP contribution in [0.15, 0.2) is 66.7 Å². The number of nitrogens with zero attached hydrogens (tertiary/aromatic N) is 2. The molecule has 3 aromatic carbocycles. The van der Waals surface area contributed by atoms with Crippen LogP contribution in [0, 0.1) is 0 Å². The molecule has 1 amide bonds. The lowest BCUT2D eigenvalue weighted by Gasteiger charge is -2.29. The van der Waals surface area contributed by atoms with Crippen LogP contribution < -0.4 is 19.7 Å². The lowest BCUT2D eigenvalue weighted by atomic mass is 10.1. The Morgan fingerprint density at radius 1 is 0.816 bits per heavy atom. The number of anilines is 2. The van der Waals surface area contributed by atoms with Crippen LogP contribution in [0.25, 0.3) is 0 Å². The topological polar surface area (TPSA) is 63.3 Å². The molecule has 1 N–H and O–H groups in total. The van der Waals surface area contributed by atoms with Crippen LogP contribution in [-0.2, 0) is 16.1 Å². The molecular weight excluding hydrogens is 502 g/mol. The number of hydrogen-bond donors (Lipinski definition) is 1. The molecule has 0 radical (unpaired) electrons. The Morgan fingerprint density at radius 3 is 2.42 bits per heavy atom. The van der Waals surface area contributed by atoms with Gasteiger partial charge in [-0.1, -0.05) is 35.9 Å². The van der Waals surface area contributed by atoms with Crippen LogP contribution in [0.3, 0.4) is 0 Å². The van der Waals surface area contributed by atoms with Gasteiger partial charge in [0.1, 0.15) is 0 Å². The van der Waals surface area contributed by atoms with E-state index in [9.17, 15) is 4.79 Å². The van der Waals surface area contributed by atoms with Gasteiger partial charge in [0.25, 0.3) is 0 Å². The highest BCUT2D eigenvalue weighted by molar-refractivity contribution is 6.31. The van der Waals surface area contributed by atoms with E-state index in [1.807, 2.05) is 24.3 Å². The lowest BCUT2D eigenvalue weighted by molar-refractivity contribution is -0.117. The summed E-state index contributed by atoms with van der Waals surface area (Å²) in [6.07, 6.45) is 2.91. The summed E-state index contributed by atoms with van der Waals surface area (Å²) in [5.41, 5.74) is 2.92. The second-order valence-corrected chi connectivity index (χ2v) is 10.1. The summed E-state index contributed by atoms with van der Waals surface area (Å²) < 4.78 is 17.7. The number of para-hydroxylation sites is 2. The minimum Gasteiger partial charge on any atom is -0.490 e. The maximum Gasteiger partial charge on any atom is 0.238 e. The average Bonchev–Trinajstić information content (AvgIpc) is 2.93. The maximum atomic E-state index is 13.2. The number of morpholine rings is 1. The maximum absolute atomic E-state index is 13.2. The summed E-state index contributed by atoms with van der Waals surface area (Å²) in [5.74, 6) is 1.68. The third-order valence-electron chi connectivity index (χ3n) is 6.75.